The van der Waals surface area contributed by atoms with E-state index < -0.39 is 0 Å². The summed E-state index contributed by atoms with van der Waals surface area (Å²) in [6, 6.07) is 8.13. The molecule has 0 fully saturated rings. The zero-order valence-electron chi connectivity index (χ0n) is 3.31. The molecule has 28 valence electrons. The standard InChI is InChI=1S/C6H4/c1-6-4-2-3-5-6/h1-2,4-5H. The molecule has 0 atom stereocenters. The molecule has 0 nitrogen and oxygen atoms in total. The van der Waals surface area contributed by atoms with Crippen LogP contribution in [0.1, 0.15) is 0 Å². The van der Waals surface area contributed by atoms with Crippen molar-refractivity contribution in [1.29, 1.82) is 0 Å². The van der Waals surface area contributed by atoms with Gasteiger partial charge in [0.15, 0.2) is 0 Å². The van der Waals surface area contributed by atoms with Crippen molar-refractivity contribution in [1.82, 2.24) is 0 Å². The van der Waals surface area contributed by atoms with Crippen molar-refractivity contribution in [2.45, 2.75) is 0 Å². The van der Waals surface area contributed by atoms with E-state index in [1.165, 1.54) is 0 Å². The van der Waals surface area contributed by atoms with Gasteiger partial charge in [-0.25, -0.2) is 0 Å². The van der Waals surface area contributed by atoms with Gasteiger partial charge < -0.3 is 0 Å². The van der Waals surface area contributed by atoms with Crippen LogP contribution >= 0.6 is 0 Å². The Bertz CT molecular complexity index is 138. The normalized spacial score (nSPS) is 8.00. The molecule has 0 unspecified atom stereocenters. The highest BCUT2D eigenvalue weighted by molar-refractivity contribution is 5.08. The fraction of sp³-hybridized carbons (Fsp3) is 0. The van der Waals surface area contributed by atoms with Gasteiger partial charge in [0.2, 0.25) is 0 Å². The molecule has 6 heavy (non-hydrogen) atoms. The van der Waals surface area contributed by atoms with Crippen molar-refractivity contribution in [2.24, 2.45) is 0 Å². The monoisotopic (exact) mass is 76.0 g/mol. The molecule has 1 aromatic carbocycles. The van der Waals surface area contributed by atoms with Gasteiger partial charge in [0, 0.05) is 11.3 Å². The second kappa shape index (κ2) is 1.08. The van der Waals surface area contributed by atoms with Gasteiger partial charge in [0.1, 0.15) is 0 Å². The minimum atomic E-state index is 0.787. The lowest BCUT2D eigenvalue weighted by Crippen LogP contribution is -1.82. The summed E-state index contributed by atoms with van der Waals surface area (Å²) >= 11 is 0. The highest BCUT2D eigenvalue weighted by Gasteiger charge is 1.73. The summed E-state index contributed by atoms with van der Waals surface area (Å²) in [4.78, 5) is 0. The van der Waals surface area contributed by atoms with Crippen LogP contribution in [0.25, 0.3) is 6.58 Å². The van der Waals surface area contributed by atoms with Crippen LogP contribution in [0.15, 0.2) is 18.2 Å². The minimum Gasteiger partial charge on any atom is -0.121 e. The molecule has 1 aromatic rings. The average molecular weight is 76.1 g/mol. The maximum absolute atomic E-state index is 5.25. The van der Waals surface area contributed by atoms with Gasteiger partial charge in [-0.2, -0.15) is 0 Å². The molecule has 0 saturated heterocycles. The van der Waals surface area contributed by atoms with E-state index >= 15 is 0 Å². The second-order valence-electron chi connectivity index (χ2n) is 1.14. The summed E-state index contributed by atoms with van der Waals surface area (Å²) in [6.45, 7) is 5.25. The molecule has 0 spiro atoms. The predicted octanol–water partition coefficient (Wildman–Crippen LogP) is 0.493. The lowest BCUT2D eigenvalue weighted by molar-refractivity contribution is 1.84. The fourth-order valence-electron chi connectivity index (χ4n) is 0.337. The first-order chi connectivity index (χ1) is 2.89. The molecule has 0 heteroatoms. The molecular formula is C6H4. The van der Waals surface area contributed by atoms with E-state index in [2.05, 4.69) is 6.07 Å². The molecule has 0 radical (unpaired) electrons. The highest BCUT2D eigenvalue weighted by atomic mass is 13.7. The Morgan fingerprint density at radius 2 is 2.50 bits per heavy atom. The fourth-order valence-corrected chi connectivity index (χ4v) is 0.337. The van der Waals surface area contributed by atoms with Crippen molar-refractivity contribution in [3.8, 4) is 0 Å². The molecular weight excluding hydrogens is 72.1 g/mol. The second-order valence-corrected chi connectivity index (χ2v) is 1.14. The van der Waals surface area contributed by atoms with Crippen LogP contribution in [-0.2, 0) is 0 Å². The molecule has 0 aromatic heterocycles. The van der Waals surface area contributed by atoms with E-state index in [1.807, 2.05) is 0 Å². The number of hydrogen-bond acceptors (Lipinski definition) is 0. The number of hydrogen-bond donors (Lipinski definition) is 0. The van der Waals surface area contributed by atoms with E-state index in [1.54, 1.807) is 18.2 Å². The summed E-state index contributed by atoms with van der Waals surface area (Å²) in [7, 11) is 0. The molecule has 0 bridgehead atoms. The molecule has 0 amide bonds. The molecule has 0 aliphatic carbocycles. The molecule has 0 saturated carbocycles. The van der Waals surface area contributed by atoms with Gasteiger partial charge in [0.05, 0.1) is 12.1 Å². The van der Waals surface area contributed by atoms with E-state index in [-0.39, 0.29) is 0 Å². The zero-order chi connectivity index (χ0) is 4.41. The maximum Gasteiger partial charge on any atom is 0.0997 e. The van der Waals surface area contributed by atoms with Crippen LogP contribution in [-0.4, -0.2) is 0 Å². The molecule has 0 aliphatic rings. The van der Waals surface area contributed by atoms with Crippen LogP contribution in [0, 0.1) is 6.07 Å². The lowest BCUT2D eigenvalue weighted by Gasteiger charge is -1.46. The van der Waals surface area contributed by atoms with Crippen LogP contribution < -0.4 is 5.22 Å². The minimum absolute atomic E-state index is 0.787. The summed E-state index contributed by atoms with van der Waals surface area (Å²) in [5, 5.41) is 0.787. The predicted molar refractivity (Wildman–Crippen MR) is 25.0 cm³/mol. The van der Waals surface area contributed by atoms with Crippen LogP contribution in [0.3, 0.4) is 0 Å². The number of rotatable bonds is 0. The van der Waals surface area contributed by atoms with Crippen molar-refractivity contribution in [3.05, 3.63) is 29.5 Å². The summed E-state index contributed by atoms with van der Waals surface area (Å²) in [6.07, 6.45) is 0. The smallest absolute Gasteiger partial charge is 0.0997 e. The van der Waals surface area contributed by atoms with Crippen molar-refractivity contribution >= 4 is 6.58 Å². The topological polar surface area (TPSA) is 0 Å². The SMILES string of the molecule is [CH-]=c1c[c+]cc1. The van der Waals surface area contributed by atoms with Crippen molar-refractivity contribution < 1.29 is 0 Å². The third-order valence-corrected chi connectivity index (χ3v) is 0.622. The van der Waals surface area contributed by atoms with E-state index in [0.29, 0.717) is 0 Å². The Hall–Kier alpha value is -0.870. The Kier molecular flexibility index (Phi) is 0.597. The van der Waals surface area contributed by atoms with Crippen molar-refractivity contribution in [2.75, 3.05) is 0 Å². The first kappa shape index (κ1) is 3.32. The Balaban J connectivity index is 3.41. The highest BCUT2D eigenvalue weighted by Crippen LogP contribution is 1.68. The third kappa shape index (κ3) is 0.378. The third-order valence-electron chi connectivity index (χ3n) is 0.622. The van der Waals surface area contributed by atoms with Gasteiger partial charge in [-0.05, 0) is 6.07 Å². The van der Waals surface area contributed by atoms with Gasteiger partial charge in [-0.15, -0.1) is 6.58 Å². The van der Waals surface area contributed by atoms with E-state index in [0.717, 1.165) is 5.22 Å². The lowest BCUT2D eigenvalue weighted by atomic mass is 10.5. The first-order valence-corrected chi connectivity index (χ1v) is 1.78. The van der Waals surface area contributed by atoms with E-state index in [4.69, 9.17) is 6.58 Å². The zero-order valence-corrected chi connectivity index (χ0v) is 3.31. The molecule has 0 heterocycles. The first-order valence-electron chi connectivity index (χ1n) is 1.78. The van der Waals surface area contributed by atoms with Gasteiger partial charge >= 0.3 is 0 Å². The Labute approximate surface area is 37.1 Å². The molecule has 1 rings (SSSR count). The summed E-state index contributed by atoms with van der Waals surface area (Å²) in [5.41, 5.74) is 0. The average Bonchev–Trinajstić information content (AvgIpc) is 1.86. The molecule has 0 aliphatic heterocycles. The maximum atomic E-state index is 5.25. The van der Waals surface area contributed by atoms with Crippen molar-refractivity contribution in [3.63, 3.8) is 0 Å². The van der Waals surface area contributed by atoms with Crippen LogP contribution in [0.5, 0.6) is 0 Å². The molecule has 0 N–H and O–H groups in total. The Morgan fingerprint density at radius 3 is 2.67 bits per heavy atom. The van der Waals surface area contributed by atoms with Crippen LogP contribution in [0.2, 0.25) is 0 Å². The largest absolute Gasteiger partial charge is 0.121 e. The Morgan fingerprint density at radius 1 is 1.67 bits per heavy atom. The van der Waals surface area contributed by atoms with E-state index in [9.17, 15) is 0 Å². The quantitative estimate of drug-likeness (QED) is 0.394. The van der Waals surface area contributed by atoms with Crippen LogP contribution in [0.4, 0.5) is 0 Å². The summed E-state index contributed by atoms with van der Waals surface area (Å²) in [5.74, 6) is 0. The van der Waals surface area contributed by atoms with Gasteiger partial charge in [-0.1, -0.05) is 0 Å². The summed E-state index contributed by atoms with van der Waals surface area (Å²) < 4.78 is 0. The van der Waals surface area contributed by atoms with Gasteiger partial charge in [-0.3, -0.25) is 0 Å². The van der Waals surface area contributed by atoms with Gasteiger partial charge in [0.25, 0.3) is 0 Å².